The number of rotatable bonds is 5. The maximum Gasteiger partial charge on any atom is 0.0750 e. The predicted octanol–water partition coefficient (Wildman–Crippen LogP) is 2.18. The topological polar surface area (TPSA) is 32.7 Å². The van der Waals surface area contributed by atoms with E-state index in [1.807, 2.05) is 12.1 Å². The van der Waals surface area contributed by atoms with E-state index >= 15 is 0 Å². The van der Waals surface area contributed by atoms with Crippen LogP contribution in [0.3, 0.4) is 0 Å². The molecule has 1 saturated heterocycles. The van der Waals surface area contributed by atoms with Crippen molar-refractivity contribution in [3.05, 3.63) is 29.8 Å². The van der Waals surface area contributed by atoms with Crippen LogP contribution < -0.4 is 4.90 Å². The van der Waals surface area contributed by atoms with E-state index in [-0.39, 0.29) is 6.61 Å². The molecule has 0 radical (unpaired) electrons. The summed E-state index contributed by atoms with van der Waals surface area (Å²) in [6.07, 6.45) is 2.74. The van der Waals surface area contributed by atoms with E-state index in [2.05, 4.69) is 24.0 Å². The second-order valence-electron chi connectivity index (χ2n) is 4.50. The fourth-order valence-corrected chi connectivity index (χ4v) is 2.26. The average Bonchev–Trinajstić information content (AvgIpc) is 2.89. The lowest BCUT2D eigenvalue weighted by atomic mass is 10.2. The van der Waals surface area contributed by atoms with E-state index in [0.717, 1.165) is 25.3 Å². The summed E-state index contributed by atoms with van der Waals surface area (Å²) in [7, 11) is 0. The summed E-state index contributed by atoms with van der Waals surface area (Å²) in [4.78, 5) is 2.33. The zero-order valence-electron chi connectivity index (χ0n) is 10.4. The minimum absolute atomic E-state index is 0.109. The molecule has 1 aromatic rings. The molecule has 1 atom stereocenters. The lowest BCUT2D eigenvalue weighted by molar-refractivity contribution is 0.115. The van der Waals surface area contributed by atoms with Crippen LogP contribution in [0.15, 0.2) is 24.3 Å². The number of anilines is 1. The molecule has 1 aliphatic heterocycles. The van der Waals surface area contributed by atoms with Gasteiger partial charge in [-0.1, -0.05) is 12.1 Å². The number of aliphatic hydroxyl groups is 1. The quantitative estimate of drug-likeness (QED) is 0.849. The summed E-state index contributed by atoms with van der Waals surface area (Å²) in [6.45, 7) is 5.13. The smallest absolute Gasteiger partial charge is 0.0750 e. The number of likely N-dealkylation sites (N-methyl/N-ethyl adjacent to an activating group) is 1. The second kappa shape index (κ2) is 6.03. The molecule has 1 N–H and O–H groups in total. The SMILES string of the molecule is CCN(CC1CCCO1)c1ccc(CO)cc1. The van der Waals surface area contributed by atoms with Crippen LogP contribution in [0, 0.1) is 0 Å². The number of hydrogen-bond acceptors (Lipinski definition) is 3. The molecule has 1 unspecified atom stereocenters. The molecule has 1 aliphatic rings. The van der Waals surface area contributed by atoms with E-state index in [1.165, 1.54) is 18.5 Å². The van der Waals surface area contributed by atoms with Crippen LogP contribution in [-0.4, -0.2) is 30.9 Å². The zero-order valence-corrected chi connectivity index (χ0v) is 10.4. The van der Waals surface area contributed by atoms with Crippen molar-refractivity contribution < 1.29 is 9.84 Å². The van der Waals surface area contributed by atoms with Gasteiger partial charge in [-0.05, 0) is 37.5 Å². The third-order valence-corrected chi connectivity index (χ3v) is 3.31. The van der Waals surface area contributed by atoms with Gasteiger partial charge in [0.2, 0.25) is 0 Å². The molecule has 3 nitrogen and oxygen atoms in total. The molecule has 17 heavy (non-hydrogen) atoms. The molecule has 1 fully saturated rings. The van der Waals surface area contributed by atoms with Gasteiger partial charge in [0.05, 0.1) is 12.7 Å². The minimum Gasteiger partial charge on any atom is -0.392 e. The second-order valence-corrected chi connectivity index (χ2v) is 4.50. The largest absolute Gasteiger partial charge is 0.392 e. The number of aliphatic hydroxyl groups excluding tert-OH is 1. The lowest BCUT2D eigenvalue weighted by Gasteiger charge is -2.26. The summed E-state index contributed by atoms with van der Waals surface area (Å²) in [5.41, 5.74) is 2.17. The van der Waals surface area contributed by atoms with Crippen molar-refractivity contribution in [1.29, 1.82) is 0 Å². The van der Waals surface area contributed by atoms with Crippen LogP contribution in [-0.2, 0) is 11.3 Å². The monoisotopic (exact) mass is 235 g/mol. The van der Waals surface area contributed by atoms with Crippen LogP contribution >= 0.6 is 0 Å². The first-order valence-corrected chi connectivity index (χ1v) is 6.40. The van der Waals surface area contributed by atoms with Crippen molar-refractivity contribution in [2.75, 3.05) is 24.6 Å². The van der Waals surface area contributed by atoms with E-state index in [1.54, 1.807) is 0 Å². The molecule has 1 heterocycles. The lowest BCUT2D eigenvalue weighted by Crippen LogP contribution is -2.31. The molecule has 0 saturated carbocycles. The first kappa shape index (κ1) is 12.4. The molecular weight excluding hydrogens is 214 g/mol. The molecule has 94 valence electrons. The molecule has 3 heteroatoms. The maximum absolute atomic E-state index is 9.02. The van der Waals surface area contributed by atoms with Gasteiger partial charge >= 0.3 is 0 Å². The van der Waals surface area contributed by atoms with Crippen LogP contribution in [0.25, 0.3) is 0 Å². The Kier molecular flexibility index (Phi) is 4.40. The van der Waals surface area contributed by atoms with Crippen molar-refractivity contribution in [3.63, 3.8) is 0 Å². The Hall–Kier alpha value is -1.06. The molecule has 0 amide bonds. The normalized spacial score (nSPS) is 19.5. The third kappa shape index (κ3) is 3.20. The Morgan fingerprint density at radius 1 is 1.35 bits per heavy atom. The van der Waals surface area contributed by atoms with Crippen molar-refractivity contribution in [1.82, 2.24) is 0 Å². The van der Waals surface area contributed by atoms with Gasteiger partial charge in [-0.15, -0.1) is 0 Å². The highest BCUT2D eigenvalue weighted by atomic mass is 16.5. The Bertz CT molecular complexity index is 331. The fourth-order valence-electron chi connectivity index (χ4n) is 2.26. The van der Waals surface area contributed by atoms with Gasteiger partial charge in [0.25, 0.3) is 0 Å². The Morgan fingerprint density at radius 2 is 2.12 bits per heavy atom. The van der Waals surface area contributed by atoms with Gasteiger partial charge in [-0.2, -0.15) is 0 Å². The van der Waals surface area contributed by atoms with Gasteiger partial charge in [0.1, 0.15) is 0 Å². The average molecular weight is 235 g/mol. The van der Waals surface area contributed by atoms with Crippen LogP contribution in [0.1, 0.15) is 25.3 Å². The van der Waals surface area contributed by atoms with Crippen LogP contribution in [0.5, 0.6) is 0 Å². The molecule has 0 spiro atoms. The van der Waals surface area contributed by atoms with E-state index in [4.69, 9.17) is 9.84 Å². The van der Waals surface area contributed by atoms with Gasteiger partial charge in [-0.25, -0.2) is 0 Å². The molecule has 0 aromatic heterocycles. The first-order chi connectivity index (χ1) is 8.33. The van der Waals surface area contributed by atoms with Gasteiger partial charge in [0.15, 0.2) is 0 Å². The molecule has 1 aromatic carbocycles. The van der Waals surface area contributed by atoms with Crippen LogP contribution in [0.2, 0.25) is 0 Å². The van der Waals surface area contributed by atoms with Crippen molar-refractivity contribution in [2.45, 2.75) is 32.5 Å². The molecule has 0 bridgehead atoms. The summed E-state index contributed by atoms with van der Waals surface area (Å²) in [5.74, 6) is 0. The molecule has 2 rings (SSSR count). The van der Waals surface area contributed by atoms with Gasteiger partial charge in [0, 0.05) is 25.4 Å². The zero-order chi connectivity index (χ0) is 12.1. The standard InChI is InChI=1S/C14H21NO2/c1-2-15(10-14-4-3-9-17-14)13-7-5-12(11-16)6-8-13/h5-8,14,16H,2-4,9-11H2,1H3. The van der Waals surface area contributed by atoms with Crippen molar-refractivity contribution >= 4 is 5.69 Å². The van der Waals surface area contributed by atoms with Crippen molar-refractivity contribution in [2.24, 2.45) is 0 Å². The predicted molar refractivity (Wildman–Crippen MR) is 69.2 cm³/mol. The Morgan fingerprint density at radius 3 is 2.65 bits per heavy atom. The number of ether oxygens (including phenoxy) is 1. The number of benzene rings is 1. The first-order valence-electron chi connectivity index (χ1n) is 6.40. The van der Waals surface area contributed by atoms with E-state index in [0.29, 0.717) is 6.10 Å². The summed E-state index contributed by atoms with van der Waals surface area (Å²) >= 11 is 0. The summed E-state index contributed by atoms with van der Waals surface area (Å²) in [6, 6.07) is 8.11. The third-order valence-electron chi connectivity index (χ3n) is 3.31. The van der Waals surface area contributed by atoms with Crippen LogP contribution in [0.4, 0.5) is 5.69 Å². The molecular formula is C14H21NO2. The van der Waals surface area contributed by atoms with E-state index in [9.17, 15) is 0 Å². The number of hydrogen-bond donors (Lipinski definition) is 1. The summed E-state index contributed by atoms with van der Waals surface area (Å²) < 4.78 is 5.67. The van der Waals surface area contributed by atoms with Gasteiger partial charge in [-0.3, -0.25) is 0 Å². The minimum atomic E-state index is 0.109. The van der Waals surface area contributed by atoms with Crippen molar-refractivity contribution in [3.8, 4) is 0 Å². The highest BCUT2D eigenvalue weighted by Gasteiger charge is 2.18. The fraction of sp³-hybridized carbons (Fsp3) is 0.571. The van der Waals surface area contributed by atoms with Gasteiger partial charge < -0.3 is 14.7 Å². The molecule has 0 aliphatic carbocycles. The number of nitrogens with zero attached hydrogens (tertiary/aromatic N) is 1. The highest BCUT2D eigenvalue weighted by molar-refractivity contribution is 5.47. The highest BCUT2D eigenvalue weighted by Crippen LogP contribution is 2.19. The maximum atomic E-state index is 9.02. The summed E-state index contributed by atoms with van der Waals surface area (Å²) in [5, 5.41) is 9.02. The Labute approximate surface area is 103 Å². The Balaban J connectivity index is 2.00. The van der Waals surface area contributed by atoms with E-state index < -0.39 is 0 Å².